The summed E-state index contributed by atoms with van der Waals surface area (Å²) in [5, 5.41) is 3.59. The largest absolute Gasteiger partial charge is 0.493 e. The molecule has 7 nitrogen and oxygen atoms in total. The van der Waals surface area contributed by atoms with Crippen molar-refractivity contribution in [3.63, 3.8) is 0 Å². The Hall–Kier alpha value is -2.54. The number of carbonyl (C=O) groups excluding carboxylic acids is 1. The maximum Gasteiger partial charge on any atom is 0.263 e. The monoisotopic (exact) mass is 403 g/mol. The summed E-state index contributed by atoms with van der Waals surface area (Å²) in [7, 11) is 3.22. The average Bonchev–Trinajstić information content (AvgIpc) is 2.66. The first kappa shape index (κ1) is 22.7. The van der Waals surface area contributed by atoms with Crippen molar-refractivity contribution in [2.24, 2.45) is 7.05 Å². The minimum atomic E-state index is -0.435. The molecule has 1 N–H and O–H groups in total. The Morgan fingerprint density at radius 1 is 1.21 bits per heavy atom. The first-order valence-electron chi connectivity index (χ1n) is 10.0. The van der Waals surface area contributed by atoms with Crippen LogP contribution in [0.2, 0.25) is 0 Å². The zero-order valence-electron chi connectivity index (χ0n) is 18.6. The van der Waals surface area contributed by atoms with Crippen molar-refractivity contribution in [3.8, 4) is 11.5 Å². The minimum Gasteiger partial charge on any atom is -0.493 e. The van der Waals surface area contributed by atoms with E-state index in [9.17, 15) is 9.59 Å². The van der Waals surface area contributed by atoms with Crippen molar-refractivity contribution in [2.75, 3.05) is 33.4 Å². The molecule has 0 spiro atoms. The summed E-state index contributed by atoms with van der Waals surface area (Å²) in [6.45, 7) is 13.0. The Labute approximate surface area is 172 Å². The van der Waals surface area contributed by atoms with Gasteiger partial charge in [0.2, 0.25) is 0 Å². The number of rotatable bonds is 8. The molecule has 1 amide bonds. The van der Waals surface area contributed by atoms with E-state index < -0.39 is 5.54 Å². The predicted molar refractivity (Wildman–Crippen MR) is 116 cm³/mol. The van der Waals surface area contributed by atoms with Crippen molar-refractivity contribution >= 4 is 16.8 Å². The Morgan fingerprint density at radius 3 is 2.41 bits per heavy atom. The summed E-state index contributed by atoms with van der Waals surface area (Å²) < 4.78 is 13.0. The van der Waals surface area contributed by atoms with Gasteiger partial charge in [-0.05, 0) is 52.1 Å². The predicted octanol–water partition coefficient (Wildman–Crippen LogP) is 2.80. The number of likely N-dealkylation sites (N-methyl/N-ethyl adjacent to an activating group) is 1. The van der Waals surface area contributed by atoms with E-state index >= 15 is 0 Å². The first-order chi connectivity index (χ1) is 13.6. The zero-order valence-corrected chi connectivity index (χ0v) is 18.6. The molecule has 0 radical (unpaired) electrons. The van der Waals surface area contributed by atoms with Crippen LogP contribution < -0.4 is 20.3 Å². The van der Waals surface area contributed by atoms with Gasteiger partial charge in [0.15, 0.2) is 11.5 Å². The first-order valence-corrected chi connectivity index (χ1v) is 10.0. The van der Waals surface area contributed by atoms with Gasteiger partial charge in [-0.25, -0.2) is 0 Å². The lowest BCUT2D eigenvalue weighted by molar-refractivity contribution is 0.0917. The topological polar surface area (TPSA) is 72.8 Å². The number of ether oxygens (including phenoxy) is 2. The number of nitrogens with one attached hydrogen (secondary N) is 1. The number of aromatic nitrogens is 1. The van der Waals surface area contributed by atoms with E-state index in [1.165, 1.54) is 4.57 Å². The van der Waals surface area contributed by atoms with Crippen LogP contribution >= 0.6 is 0 Å². The van der Waals surface area contributed by atoms with Crippen molar-refractivity contribution in [1.29, 1.82) is 0 Å². The van der Waals surface area contributed by atoms with E-state index in [0.717, 1.165) is 25.0 Å². The summed E-state index contributed by atoms with van der Waals surface area (Å²) in [4.78, 5) is 27.8. The highest BCUT2D eigenvalue weighted by molar-refractivity contribution is 5.99. The highest BCUT2D eigenvalue weighted by Crippen LogP contribution is 2.35. The smallest absolute Gasteiger partial charge is 0.263 e. The van der Waals surface area contributed by atoms with Gasteiger partial charge in [0, 0.05) is 24.5 Å². The second-order valence-electron chi connectivity index (χ2n) is 8.04. The molecule has 0 aliphatic carbocycles. The third-order valence-electron chi connectivity index (χ3n) is 4.80. The lowest BCUT2D eigenvalue weighted by Crippen LogP contribution is -2.43. The number of methoxy groups -OCH3 is 1. The van der Waals surface area contributed by atoms with Gasteiger partial charge in [0.05, 0.1) is 12.6 Å². The van der Waals surface area contributed by atoms with Gasteiger partial charge >= 0.3 is 0 Å². The van der Waals surface area contributed by atoms with Crippen LogP contribution in [-0.2, 0) is 7.05 Å². The Bertz CT molecular complexity index is 924. The molecule has 2 aromatic rings. The van der Waals surface area contributed by atoms with Gasteiger partial charge < -0.3 is 24.3 Å². The zero-order chi connectivity index (χ0) is 21.8. The summed E-state index contributed by atoms with van der Waals surface area (Å²) in [5.41, 5.74) is -0.0909. The molecule has 29 heavy (non-hydrogen) atoms. The van der Waals surface area contributed by atoms with Crippen LogP contribution in [0.4, 0.5) is 0 Å². The molecule has 0 fully saturated rings. The van der Waals surface area contributed by atoms with Gasteiger partial charge in [-0.2, -0.15) is 0 Å². The van der Waals surface area contributed by atoms with Crippen molar-refractivity contribution in [3.05, 3.63) is 34.1 Å². The molecule has 2 rings (SSSR count). The Balaban J connectivity index is 2.50. The molecule has 0 saturated carbocycles. The number of nitrogens with zero attached hydrogens (tertiary/aromatic N) is 2. The fraction of sp³-hybridized carbons (Fsp3) is 0.545. The van der Waals surface area contributed by atoms with Crippen molar-refractivity contribution < 1.29 is 14.3 Å². The maximum atomic E-state index is 12.9. The molecular formula is C22H33N3O4. The van der Waals surface area contributed by atoms with Crippen LogP contribution in [0.25, 0.3) is 10.9 Å². The molecule has 1 heterocycles. The SMILES string of the molecule is CCN(CC)CCOc1c(OC)ccc2cc(C(=O)NC(C)(C)C)c(=O)n(C)c12. The van der Waals surface area contributed by atoms with Crippen LogP contribution in [0, 0.1) is 0 Å². The number of pyridine rings is 1. The molecule has 7 heteroatoms. The number of carbonyl (C=O) groups is 1. The van der Waals surface area contributed by atoms with E-state index in [1.807, 2.05) is 26.8 Å². The molecule has 0 saturated heterocycles. The molecule has 0 atom stereocenters. The summed E-state index contributed by atoms with van der Waals surface area (Å²) in [6, 6.07) is 5.25. The van der Waals surface area contributed by atoms with Gasteiger partial charge in [0.1, 0.15) is 12.2 Å². The number of fused-ring (bicyclic) bond motifs is 1. The van der Waals surface area contributed by atoms with Crippen LogP contribution in [0.15, 0.2) is 23.0 Å². The van der Waals surface area contributed by atoms with E-state index in [0.29, 0.717) is 23.6 Å². The lowest BCUT2D eigenvalue weighted by Gasteiger charge is -2.22. The van der Waals surface area contributed by atoms with Gasteiger partial charge in [-0.3, -0.25) is 9.59 Å². The maximum absolute atomic E-state index is 12.9. The fourth-order valence-corrected chi connectivity index (χ4v) is 3.22. The highest BCUT2D eigenvalue weighted by Gasteiger charge is 2.22. The quantitative estimate of drug-likeness (QED) is 0.734. The van der Waals surface area contributed by atoms with Crippen molar-refractivity contribution in [1.82, 2.24) is 14.8 Å². The second-order valence-corrected chi connectivity index (χ2v) is 8.04. The van der Waals surface area contributed by atoms with Crippen LogP contribution in [0.1, 0.15) is 45.0 Å². The third-order valence-corrected chi connectivity index (χ3v) is 4.80. The molecule has 0 aliphatic heterocycles. The molecule has 1 aromatic heterocycles. The standard InChI is InChI=1S/C22H33N3O4/c1-8-25(9-2)12-13-29-19-17(28-7)11-10-15-14-16(20(26)23-22(3,4)5)21(27)24(6)18(15)19/h10-11,14H,8-9,12-13H2,1-7H3,(H,23,26). The van der Waals surface area contributed by atoms with Gasteiger partial charge in [0.25, 0.3) is 11.5 Å². The molecule has 0 bridgehead atoms. The highest BCUT2D eigenvalue weighted by atomic mass is 16.5. The summed E-state index contributed by atoms with van der Waals surface area (Å²) >= 11 is 0. The number of aryl methyl sites for hydroxylation is 1. The molecule has 160 valence electrons. The Morgan fingerprint density at radius 2 is 1.86 bits per heavy atom. The number of benzene rings is 1. The Kier molecular flexibility index (Phi) is 7.30. The van der Waals surface area contributed by atoms with Gasteiger partial charge in [-0.1, -0.05) is 13.8 Å². The van der Waals surface area contributed by atoms with Crippen LogP contribution in [0.3, 0.4) is 0 Å². The van der Waals surface area contributed by atoms with Crippen molar-refractivity contribution in [2.45, 2.75) is 40.2 Å². The van der Waals surface area contributed by atoms with E-state index in [4.69, 9.17) is 9.47 Å². The molecular weight excluding hydrogens is 370 g/mol. The van der Waals surface area contributed by atoms with Crippen LogP contribution in [0.5, 0.6) is 11.5 Å². The van der Waals surface area contributed by atoms with Crippen LogP contribution in [-0.4, -0.2) is 54.3 Å². The number of amides is 1. The summed E-state index contributed by atoms with van der Waals surface area (Å²) in [5.74, 6) is 0.679. The van der Waals surface area contributed by atoms with E-state index in [2.05, 4.69) is 24.1 Å². The number of hydrogen-bond donors (Lipinski definition) is 1. The van der Waals surface area contributed by atoms with E-state index in [1.54, 1.807) is 26.3 Å². The van der Waals surface area contributed by atoms with E-state index in [-0.39, 0.29) is 17.0 Å². The second kappa shape index (κ2) is 9.31. The minimum absolute atomic E-state index is 0.106. The molecule has 0 unspecified atom stereocenters. The fourth-order valence-electron chi connectivity index (χ4n) is 3.22. The third kappa shape index (κ3) is 5.29. The number of hydrogen-bond acceptors (Lipinski definition) is 5. The van der Waals surface area contributed by atoms with Gasteiger partial charge in [-0.15, -0.1) is 0 Å². The normalized spacial score (nSPS) is 11.7. The lowest BCUT2D eigenvalue weighted by atomic mass is 10.1. The molecule has 0 aliphatic rings. The summed E-state index contributed by atoms with van der Waals surface area (Å²) in [6.07, 6.45) is 0. The molecule has 1 aromatic carbocycles. The average molecular weight is 404 g/mol.